The van der Waals surface area contributed by atoms with Crippen molar-refractivity contribution in [2.24, 2.45) is 5.92 Å². The highest BCUT2D eigenvalue weighted by atomic mass is 16.2. The molecule has 9 nitrogen and oxygen atoms in total. The molecule has 1 aromatic heterocycles. The van der Waals surface area contributed by atoms with Gasteiger partial charge in [0.15, 0.2) is 0 Å². The number of carbonyl (C=O) groups is 2. The average molecular weight is 376 g/mol. The van der Waals surface area contributed by atoms with Crippen molar-refractivity contribution in [3.05, 3.63) is 45.7 Å². The number of carbonyl (C=O) groups excluding carboxylic acids is 2. The molecule has 1 saturated heterocycles. The Hall–Kier alpha value is -3.67. The van der Waals surface area contributed by atoms with Gasteiger partial charge in [-0.3, -0.25) is 19.4 Å². The Morgan fingerprint density at radius 1 is 1.14 bits per heavy atom. The number of nitrogens with zero attached hydrogens (tertiary/aromatic N) is 3. The highest BCUT2D eigenvalue weighted by Crippen LogP contribution is 2.50. The monoisotopic (exact) mass is 376 g/mol. The Kier molecular flexibility index (Phi) is 3.34. The number of H-pyrrole nitrogens is 1. The molecular weight excluding hydrogens is 360 g/mol. The van der Waals surface area contributed by atoms with Gasteiger partial charge in [-0.25, -0.2) is 0 Å². The maximum atomic E-state index is 13.2. The van der Waals surface area contributed by atoms with Crippen molar-refractivity contribution >= 4 is 29.3 Å². The summed E-state index contributed by atoms with van der Waals surface area (Å²) in [4.78, 5) is 48.2. The molecular formula is C19H16N6O3. The van der Waals surface area contributed by atoms with Crippen LogP contribution in [0.25, 0.3) is 0 Å². The molecule has 5 rings (SSSR count). The lowest BCUT2D eigenvalue weighted by atomic mass is 9.65. The van der Waals surface area contributed by atoms with Gasteiger partial charge in [-0.05, 0) is 24.5 Å². The van der Waals surface area contributed by atoms with Crippen LogP contribution in [-0.4, -0.2) is 34.9 Å². The second-order valence-corrected chi connectivity index (χ2v) is 7.17. The van der Waals surface area contributed by atoms with Gasteiger partial charge in [0.25, 0.3) is 5.56 Å². The number of aromatic nitrogens is 2. The Balaban J connectivity index is 1.82. The number of hydrogen-bond donors (Lipinski definition) is 3. The van der Waals surface area contributed by atoms with Crippen molar-refractivity contribution < 1.29 is 9.59 Å². The summed E-state index contributed by atoms with van der Waals surface area (Å²) >= 11 is 0. The van der Waals surface area contributed by atoms with Gasteiger partial charge >= 0.3 is 0 Å². The van der Waals surface area contributed by atoms with Crippen LogP contribution in [0.5, 0.6) is 0 Å². The van der Waals surface area contributed by atoms with E-state index in [1.807, 2.05) is 11.0 Å². The van der Waals surface area contributed by atoms with E-state index in [1.165, 1.54) is 0 Å². The molecule has 9 heteroatoms. The molecule has 1 fully saturated rings. The fraction of sp³-hybridized carbons (Fsp3) is 0.316. The van der Waals surface area contributed by atoms with Crippen molar-refractivity contribution in [3.63, 3.8) is 0 Å². The van der Waals surface area contributed by atoms with Crippen LogP contribution in [0.4, 0.5) is 17.5 Å². The second-order valence-electron chi connectivity index (χ2n) is 7.17. The van der Waals surface area contributed by atoms with Crippen molar-refractivity contribution in [2.75, 3.05) is 28.6 Å². The summed E-state index contributed by atoms with van der Waals surface area (Å²) in [6.07, 6.45) is 1.98. The first-order valence-corrected chi connectivity index (χ1v) is 9.08. The van der Waals surface area contributed by atoms with E-state index in [0.29, 0.717) is 17.2 Å². The largest absolute Gasteiger partial charge is 0.342 e. The van der Waals surface area contributed by atoms with Gasteiger partial charge in [-0.15, -0.1) is 0 Å². The van der Waals surface area contributed by atoms with Gasteiger partial charge in [0.2, 0.25) is 17.8 Å². The molecule has 2 atom stereocenters. The third kappa shape index (κ3) is 1.94. The van der Waals surface area contributed by atoms with Gasteiger partial charge in [0, 0.05) is 18.8 Å². The number of amides is 2. The lowest BCUT2D eigenvalue weighted by Gasteiger charge is -2.36. The number of nitrogens with one attached hydrogen (secondary N) is 3. The average Bonchev–Trinajstić information content (AvgIpc) is 3.30. The van der Waals surface area contributed by atoms with Gasteiger partial charge in [0.05, 0.1) is 11.6 Å². The summed E-state index contributed by atoms with van der Waals surface area (Å²) in [5, 5.41) is 15.0. The van der Waals surface area contributed by atoms with Crippen LogP contribution in [0.1, 0.15) is 24.0 Å². The molecule has 0 radical (unpaired) electrons. The maximum absolute atomic E-state index is 13.2. The van der Waals surface area contributed by atoms with Gasteiger partial charge < -0.3 is 15.5 Å². The highest BCUT2D eigenvalue weighted by molar-refractivity contribution is 6.16. The molecule has 3 aliphatic rings. The normalized spacial score (nSPS) is 25.1. The van der Waals surface area contributed by atoms with Crippen molar-refractivity contribution in [1.29, 1.82) is 5.26 Å². The van der Waals surface area contributed by atoms with Crippen molar-refractivity contribution in [2.45, 2.75) is 18.3 Å². The fourth-order valence-corrected chi connectivity index (χ4v) is 4.50. The zero-order valence-electron chi connectivity index (χ0n) is 14.8. The smallest absolute Gasteiger partial charge is 0.259 e. The van der Waals surface area contributed by atoms with E-state index in [9.17, 15) is 19.6 Å². The number of benzene rings is 1. The van der Waals surface area contributed by atoms with E-state index in [4.69, 9.17) is 0 Å². The lowest BCUT2D eigenvalue weighted by molar-refractivity contribution is -0.127. The zero-order chi connectivity index (χ0) is 19.5. The minimum atomic E-state index is -1.73. The Bertz CT molecular complexity index is 1130. The van der Waals surface area contributed by atoms with E-state index in [1.54, 1.807) is 24.3 Å². The molecule has 0 bridgehead atoms. The van der Waals surface area contributed by atoms with Crippen LogP contribution >= 0.6 is 0 Å². The number of fused-ring (bicyclic) bond motifs is 4. The summed E-state index contributed by atoms with van der Waals surface area (Å²) < 4.78 is 0. The second kappa shape index (κ2) is 5.66. The predicted octanol–water partition coefficient (Wildman–Crippen LogP) is 0.700. The molecule has 4 heterocycles. The summed E-state index contributed by atoms with van der Waals surface area (Å²) in [7, 11) is 0. The van der Waals surface area contributed by atoms with Crippen molar-refractivity contribution in [1.82, 2.24) is 9.97 Å². The number of para-hydroxylation sites is 1. The van der Waals surface area contributed by atoms with Crippen LogP contribution in [0, 0.1) is 17.2 Å². The Morgan fingerprint density at radius 2 is 1.89 bits per heavy atom. The SMILES string of the molecule is N#C[C@@H]1C(=O)Nc2nc(N3CCCC3)[nH]c(=O)c2[C@@]12C(=O)Nc1ccccc12. The summed E-state index contributed by atoms with van der Waals surface area (Å²) in [5.74, 6) is -2.21. The zero-order valence-corrected chi connectivity index (χ0v) is 14.8. The molecule has 3 aliphatic heterocycles. The third-order valence-corrected chi connectivity index (χ3v) is 5.73. The minimum Gasteiger partial charge on any atom is -0.342 e. The predicted molar refractivity (Wildman–Crippen MR) is 99.9 cm³/mol. The number of aromatic amines is 1. The quantitative estimate of drug-likeness (QED) is 0.671. The molecule has 1 aromatic carbocycles. The first-order valence-electron chi connectivity index (χ1n) is 9.08. The number of rotatable bonds is 1. The van der Waals surface area contributed by atoms with Crippen LogP contribution in [0.15, 0.2) is 29.1 Å². The standard InChI is InChI=1S/C19H16N6O3/c20-9-11-15(26)22-14-13(16(27)24-18(23-14)25-7-3-4-8-25)19(11)10-5-1-2-6-12(10)21-17(19)28/h1-2,5-6,11H,3-4,7-8H2,(H,21,28)(H2,22,23,24,26,27)/t11-,19+/m1/s1. The summed E-state index contributed by atoms with van der Waals surface area (Å²) in [6.45, 7) is 1.51. The van der Waals surface area contributed by atoms with Crippen LogP contribution in [-0.2, 0) is 15.0 Å². The first kappa shape index (κ1) is 16.5. The molecule has 1 spiro atoms. The fourth-order valence-electron chi connectivity index (χ4n) is 4.50. The first-order chi connectivity index (χ1) is 13.6. The van der Waals surface area contributed by atoms with Crippen LogP contribution in [0.2, 0.25) is 0 Å². The van der Waals surface area contributed by atoms with E-state index >= 15 is 0 Å². The summed E-state index contributed by atoms with van der Waals surface area (Å²) in [6, 6.07) is 8.72. The minimum absolute atomic E-state index is 0.00375. The number of anilines is 3. The summed E-state index contributed by atoms with van der Waals surface area (Å²) in [5.41, 5.74) is -1.34. The van der Waals surface area contributed by atoms with Crippen LogP contribution in [0.3, 0.4) is 0 Å². The molecule has 28 heavy (non-hydrogen) atoms. The molecule has 140 valence electrons. The number of nitriles is 1. The van der Waals surface area contributed by atoms with Crippen LogP contribution < -0.4 is 21.1 Å². The molecule has 2 amide bonds. The Morgan fingerprint density at radius 3 is 2.64 bits per heavy atom. The lowest BCUT2D eigenvalue weighted by Crippen LogP contribution is -2.54. The third-order valence-electron chi connectivity index (χ3n) is 5.73. The molecule has 2 aromatic rings. The van der Waals surface area contributed by atoms with E-state index in [0.717, 1.165) is 25.9 Å². The molecule has 0 unspecified atom stereocenters. The molecule has 0 aliphatic carbocycles. The van der Waals surface area contributed by atoms with E-state index in [2.05, 4.69) is 20.6 Å². The van der Waals surface area contributed by atoms with Gasteiger partial charge in [-0.2, -0.15) is 10.2 Å². The highest BCUT2D eigenvalue weighted by Gasteiger charge is 2.61. The molecule has 0 saturated carbocycles. The van der Waals surface area contributed by atoms with E-state index in [-0.39, 0.29) is 11.4 Å². The molecule has 3 N–H and O–H groups in total. The topological polar surface area (TPSA) is 131 Å². The maximum Gasteiger partial charge on any atom is 0.259 e. The van der Waals surface area contributed by atoms with Crippen molar-refractivity contribution in [3.8, 4) is 6.07 Å². The Labute approximate surface area is 159 Å². The number of hydrogen-bond acceptors (Lipinski definition) is 6. The van der Waals surface area contributed by atoms with E-state index < -0.39 is 28.7 Å². The van der Waals surface area contributed by atoms with Gasteiger partial charge in [-0.1, -0.05) is 18.2 Å². The van der Waals surface area contributed by atoms with Gasteiger partial charge in [0.1, 0.15) is 17.2 Å².